The van der Waals surface area contributed by atoms with Gasteiger partial charge in [0.15, 0.2) is 0 Å². The Balaban J connectivity index is 1.38. The molecular formula is C23H28N6O3. The quantitative estimate of drug-likeness (QED) is 0.608. The number of pyridine rings is 1. The Morgan fingerprint density at radius 3 is 2.50 bits per heavy atom. The lowest BCUT2D eigenvalue weighted by molar-refractivity contribution is -0.140. The highest BCUT2D eigenvalue weighted by Crippen LogP contribution is 2.40. The molecule has 0 saturated heterocycles. The van der Waals surface area contributed by atoms with E-state index < -0.39 is 5.97 Å². The Morgan fingerprint density at radius 1 is 1.16 bits per heavy atom. The number of carbonyl (C=O) groups excluding carboxylic acids is 1. The van der Waals surface area contributed by atoms with Gasteiger partial charge in [-0.05, 0) is 50.0 Å². The van der Waals surface area contributed by atoms with Crippen LogP contribution in [0.3, 0.4) is 0 Å². The lowest BCUT2D eigenvalue weighted by Crippen LogP contribution is -2.40. The van der Waals surface area contributed by atoms with Gasteiger partial charge in [-0.1, -0.05) is 13.8 Å². The third-order valence-corrected chi connectivity index (χ3v) is 6.53. The fourth-order valence-electron chi connectivity index (χ4n) is 4.64. The predicted molar refractivity (Wildman–Crippen MR) is 118 cm³/mol. The van der Waals surface area contributed by atoms with Gasteiger partial charge in [-0.25, -0.2) is 9.97 Å². The maximum atomic E-state index is 12.7. The van der Waals surface area contributed by atoms with E-state index in [-0.39, 0.29) is 23.8 Å². The molecule has 1 amide bonds. The van der Waals surface area contributed by atoms with Gasteiger partial charge in [-0.15, -0.1) is 0 Å². The molecule has 0 atom stereocenters. The number of carboxylic acids is 1. The van der Waals surface area contributed by atoms with E-state index in [1.807, 2.05) is 26.8 Å². The minimum Gasteiger partial charge on any atom is -0.481 e. The van der Waals surface area contributed by atoms with Crippen molar-refractivity contribution in [1.29, 1.82) is 0 Å². The number of hydrogen-bond acceptors (Lipinski definition) is 6. The second kappa shape index (κ2) is 8.64. The molecule has 3 heterocycles. The topological polar surface area (TPSA) is 123 Å². The highest BCUT2D eigenvalue weighted by Gasteiger charge is 2.35. The maximum Gasteiger partial charge on any atom is 0.303 e. The average molecular weight is 437 g/mol. The van der Waals surface area contributed by atoms with E-state index in [0.717, 1.165) is 42.3 Å². The first-order valence-corrected chi connectivity index (χ1v) is 10.9. The lowest BCUT2D eigenvalue weighted by Gasteiger charge is -2.38. The summed E-state index contributed by atoms with van der Waals surface area (Å²) >= 11 is 0. The van der Waals surface area contributed by atoms with Crippen LogP contribution in [0.4, 0.5) is 0 Å². The smallest absolute Gasteiger partial charge is 0.303 e. The largest absolute Gasteiger partial charge is 0.481 e. The normalized spacial score (nSPS) is 19.1. The van der Waals surface area contributed by atoms with Crippen LogP contribution in [0.2, 0.25) is 0 Å². The molecule has 9 heteroatoms. The molecule has 2 N–H and O–H groups in total. The van der Waals surface area contributed by atoms with Crippen LogP contribution in [0.5, 0.6) is 0 Å². The van der Waals surface area contributed by atoms with Crippen molar-refractivity contribution in [3.8, 4) is 5.95 Å². The van der Waals surface area contributed by atoms with Gasteiger partial charge in [-0.3, -0.25) is 14.6 Å². The van der Waals surface area contributed by atoms with Crippen molar-refractivity contribution in [3.05, 3.63) is 42.1 Å². The summed E-state index contributed by atoms with van der Waals surface area (Å²) < 4.78 is 1.62. The summed E-state index contributed by atoms with van der Waals surface area (Å²) in [5, 5.41) is 17.7. The van der Waals surface area contributed by atoms with Crippen LogP contribution < -0.4 is 5.32 Å². The zero-order chi connectivity index (χ0) is 22.9. The third-order valence-electron chi connectivity index (χ3n) is 6.53. The van der Waals surface area contributed by atoms with Crippen LogP contribution in [0.15, 0.2) is 30.9 Å². The summed E-state index contributed by atoms with van der Waals surface area (Å²) in [6.45, 7) is 5.95. The lowest BCUT2D eigenvalue weighted by atomic mass is 9.68. The van der Waals surface area contributed by atoms with Gasteiger partial charge in [-0.2, -0.15) is 9.78 Å². The molecule has 0 bridgehead atoms. The van der Waals surface area contributed by atoms with Gasteiger partial charge >= 0.3 is 5.97 Å². The molecule has 0 radical (unpaired) electrons. The summed E-state index contributed by atoms with van der Waals surface area (Å²) in [5.41, 5.74) is 1.82. The first-order valence-electron chi connectivity index (χ1n) is 10.9. The first-order chi connectivity index (χ1) is 15.2. The minimum absolute atomic E-state index is 0.0721. The van der Waals surface area contributed by atoms with E-state index in [4.69, 9.17) is 5.11 Å². The van der Waals surface area contributed by atoms with Crippen molar-refractivity contribution < 1.29 is 14.7 Å². The van der Waals surface area contributed by atoms with Gasteiger partial charge in [0.25, 0.3) is 11.9 Å². The first kappa shape index (κ1) is 21.9. The Hall–Kier alpha value is -3.36. The number of nitrogens with zero attached hydrogens (tertiary/aromatic N) is 5. The molecule has 1 fully saturated rings. The second-order valence-corrected chi connectivity index (χ2v) is 9.24. The number of carbonyl (C=O) groups is 2. The number of hydrogen-bond donors (Lipinski definition) is 2. The van der Waals surface area contributed by atoms with Gasteiger partial charge in [0.05, 0.1) is 29.4 Å². The zero-order valence-electron chi connectivity index (χ0n) is 18.6. The molecule has 9 nitrogen and oxygen atoms in total. The van der Waals surface area contributed by atoms with E-state index in [0.29, 0.717) is 17.4 Å². The van der Waals surface area contributed by atoms with Crippen molar-refractivity contribution >= 4 is 22.8 Å². The molecule has 168 valence electrons. The van der Waals surface area contributed by atoms with Crippen molar-refractivity contribution in [2.45, 2.75) is 58.9 Å². The van der Waals surface area contributed by atoms with Crippen LogP contribution in [0, 0.1) is 18.3 Å². The highest BCUT2D eigenvalue weighted by molar-refractivity contribution is 5.93. The standard InChI is InChI=1S/C23H28N6O3/c1-14-18-8-9-24-13-19(18)29(28-14)22-25-11-15(12-26-22)21(32)27-17-6-4-16(5-7-17)23(2,3)10-20(30)31/h8-9,11-13,16-17H,4-7,10H2,1-3H3,(H,27,32)(H,30,31). The summed E-state index contributed by atoms with van der Waals surface area (Å²) in [4.78, 5) is 36.7. The number of carboxylic acid groups (broad SMARTS) is 1. The molecule has 0 unspecified atom stereocenters. The molecule has 0 spiro atoms. The van der Waals surface area contributed by atoms with Gasteiger partial charge < -0.3 is 10.4 Å². The monoisotopic (exact) mass is 436 g/mol. The maximum absolute atomic E-state index is 12.7. The number of fused-ring (bicyclic) bond motifs is 1. The van der Waals surface area contributed by atoms with Gasteiger partial charge in [0.2, 0.25) is 0 Å². The summed E-state index contributed by atoms with van der Waals surface area (Å²) in [6.07, 6.45) is 10.1. The number of amides is 1. The molecule has 0 aromatic carbocycles. The molecule has 0 aliphatic heterocycles. The van der Waals surface area contributed by atoms with Crippen molar-refractivity contribution in [1.82, 2.24) is 30.0 Å². The molecule has 1 aliphatic carbocycles. The molecule has 1 saturated carbocycles. The minimum atomic E-state index is -0.761. The molecule has 3 aromatic heterocycles. The molecule has 1 aliphatic rings. The zero-order valence-corrected chi connectivity index (χ0v) is 18.6. The van der Waals surface area contributed by atoms with Crippen molar-refractivity contribution in [3.63, 3.8) is 0 Å². The van der Waals surface area contributed by atoms with E-state index in [1.54, 1.807) is 17.1 Å². The summed E-state index contributed by atoms with van der Waals surface area (Å²) in [5.74, 6) is -0.235. The molecule has 3 aromatic rings. The fourth-order valence-corrected chi connectivity index (χ4v) is 4.64. The Kier molecular flexibility index (Phi) is 5.90. The van der Waals surface area contributed by atoms with Gasteiger partial charge in [0.1, 0.15) is 0 Å². The van der Waals surface area contributed by atoms with E-state index >= 15 is 0 Å². The number of rotatable bonds is 6. The SMILES string of the molecule is Cc1nn(-c2ncc(C(=O)NC3CCC(C(C)(C)CC(=O)O)CC3)cn2)c2cnccc12. The Bertz CT molecular complexity index is 1130. The van der Waals surface area contributed by atoms with Crippen LogP contribution in [-0.4, -0.2) is 47.8 Å². The van der Waals surface area contributed by atoms with Gasteiger partial charge in [0, 0.05) is 30.0 Å². The van der Waals surface area contributed by atoms with Crippen molar-refractivity contribution in [2.75, 3.05) is 0 Å². The second-order valence-electron chi connectivity index (χ2n) is 9.24. The fraction of sp³-hybridized carbons (Fsp3) is 0.478. The average Bonchev–Trinajstić information content (AvgIpc) is 3.10. The number of aryl methyl sites for hydroxylation is 1. The number of nitrogens with one attached hydrogen (secondary N) is 1. The molecule has 4 rings (SSSR count). The Morgan fingerprint density at radius 2 is 1.84 bits per heavy atom. The number of aliphatic carboxylic acids is 1. The highest BCUT2D eigenvalue weighted by atomic mass is 16.4. The molecule has 32 heavy (non-hydrogen) atoms. The van der Waals surface area contributed by atoms with Crippen LogP contribution >= 0.6 is 0 Å². The Labute approximate surface area is 186 Å². The third kappa shape index (κ3) is 4.46. The van der Waals surface area contributed by atoms with Crippen LogP contribution in [0.1, 0.15) is 62.0 Å². The number of aromatic nitrogens is 5. The predicted octanol–water partition coefficient (Wildman–Crippen LogP) is 3.31. The van der Waals surface area contributed by atoms with E-state index in [1.165, 1.54) is 12.4 Å². The molecular weight excluding hydrogens is 408 g/mol. The summed E-state index contributed by atoms with van der Waals surface area (Å²) in [6, 6.07) is 1.97. The van der Waals surface area contributed by atoms with E-state index in [2.05, 4.69) is 25.4 Å². The summed E-state index contributed by atoms with van der Waals surface area (Å²) in [7, 11) is 0. The van der Waals surface area contributed by atoms with Crippen LogP contribution in [-0.2, 0) is 4.79 Å². The van der Waals surface area contributed by atoms with Crippen molar-refractivity contribution in [2.24, 2.45) is 11.3 Å². The van der Waals surface area contributed by atoms with Crippen LogP contribution in [0.25, 0.3) is 16.9 Å². The van der Waals surface area contributed by atoms with E-state index in [9.17, 15) is 9.59 Å².